The lowest BCUT2D eigenvalue weighted by Crippen LogP contribution is -2.26. The smallest absolute Gasteiger partial charge is 0.271 e. The topological polar surface area (TPSA) is 117 Å². The molecule has 9 heteroatoms. The highest BCUT2D eigenvalue weighted by Gasteiger charge is 2.12. The van der Waals surface area contributed by atoms with Crippen molar-refractivity contribution in [3.05, 3.63) is 40.1 Å². The number of carbonyl (C=O) groups is 1. The van der Waals surface area contributed by atoms with E-state index in [1.54, 1.807) is 6.07 Å². The summed E-state index contributed by atoms with van der Waals surface area (Å²) in [4.78, 5) is 22.0. The average Bonchev–Trinajstić information content (AvgIpc) is 2.55. The maximum Gasteiger partial charge on any atom is 0.271 e. The Hall–Kier alpha value is -2.79. The van der Waals surface area contributed by atoms with Gasteiger partial charge in [0.25, 0.3) is 11.6 Å². The maximum absolute atomic E-state index is 11.8. The summed E-state index contributed by atoms with van der Waals surface area (Å²) < 4.78 is 5.07. The van der Waals surface area contributed by atoms with Crippen LogP contribution in [0.4, 0.5) is 11.4 Å². The van der Waals surface area contributed by atoms with Gasteiger partial charge in [0, 0.05) is 30.8 Å². The van der Waals surface area contributed by atoms with Crippen LogP contribution in [-0.4, -0.2) is 30.4 Å². The van der Waals surface area contributed by atoms with Crippen LogP contribution < -0.4 is 15.4 Å². The molecule has 1 aromatic carbocycles. The minimum atomic E-state index is -0.561. The number of rotatable bonds is 8. The van der Waals surface area contributed by atoms with Gasteiger partial charge < -0.3 is 15.4 Å². The molecule has 2 N–H and O–H groups in total. The van der Waals surface area contributed by atoms with Crippen LogP contribution in [0.15, 0.2) is 30.0 Å². The number of methoxy groups -OCH3 is 1. The molecule has 0 aliphatic heterocycles. The van der Waals surface area contributed by atoms with E-state index in [0.29, 0.717) is 24.6 Å². The first-order valence-corrected chi connectivity index (χ1v) is 7.10. The SMILES string of the molecule is COc1ccc([N+](=O)[O-])cc1N/C=C(/C#N)C(=O)NCCCCl. The third kappa shape index (κ3) is 5.48. The van der Waals surface area contributed by atoms with Crippen molar-refractivity contribution in [1.82, 2.24) is 5.32 Å². The van der Waals surface area contributed by atoms with Crippen LogP contribution in [0, 0.1) is 21.4 Å². The summed E-state index contributed by atoms with van der Waals surface area (Å²) in [7, 11) is 1.40. The Morgan fingerprint density at radius 3 is 2.87 bits per heavy atom. The van der Waals surface area contributed by atoms with Gasteiger partial charge in [0.2, 0.25) is 0 Å². The first kappa shape index (κ1) is 18.3. The third-order valence-electron chi connectivity index (χ3n) is 2.73. The van der Waals surface area contributed by atoms with Crippen molar-refractivity contribution in [3.8, 4) is 11.8 Å². The van der Waals surface area contributed by atoms with Crippen molar-refractivity contribution in [2.75, 3.05) is 24.9 Å². The standard InChI is InChI=1S/C14H15ClN4O4/c1-23-13-4-3-11(19(21)22)7-12(13)18-9-10(8-16)14(20)17-6-2-5-15/h3-4,7,9,18H,2,5-6H2,1H3,(H,17,20)/b10-9-. The van der Waals surface area contributed by atoms with E-state index >= 15 is 0 Å². The zero-order valence-corrected chi connectivity index (χ0v) is 13.1. The molecule has 0 saturated carbocycles. The molecule has 1 amide bonds. The van der Waals surface area contributed by atoms with Crippen molar-refractivity contribution in [2.24, 2.45) is 0 Å². The summed E-state index contributed by atoms with van der Waals surface area (Å²) in [6.45, 7) is 0.349. The number of nitriles is 1. The number of anilines is 1. The van der Waals surface area contributed by atoms with Gasteiger partial charge in [-0.15, -0.1) is 11.6 Å². The van der Waals surface area contributed by atoms with E-state index in [4.69, 9.17) is 21.6 Å². The molecule has 1 rings (SSSR count). The van der Waals surface area contributed by atoms with Gasteiger partial charge in [0.15, 0.2) is 0 Å². The number of amides is 1. The van der Waals surface area contributed by atoms with Gasteiger partial charge in [-0.2, -0.15) is 5.26 Å². The van der Waals surface area contributed by atoms with Crippen LogP contribution in [0.3, 0.4) is 0 Å². The fourth-order valence-corrected chi connectivity index (χ4v) is 1.72. The summed E-state index contributed by atoms with van der Waals surface area (Å²) >= 11 is 5.50. The fourth-order valence-electron chi connectivity index (χ4n) is 1.58. The Morgan fingerprint density at radius 2 is 2.30 bits per heavy atom. The average molecular weight is 339 g/mol. The molecule has 0 radical (unpaired) electrons. The molecule has 0 heterocycles. The van der Waals surface area contributed by atoms with Crippen LogP contribution in [0.1, 0.15) is 6.42 Å². The van der Waals surface area contributed by atoms with Crippen LogP contribution in [0.25, 0.3) is 0 Å². The zero-order valence-electron chi connectivity index (χ0n) is 12.3. The number of ether oxygens (including phenoxy) is 1. The predicted octanol–water partition coefficient (Wildman–Crippen LogP) is 2.17. The molecule has 0 atom stereocenters. The minimum Gasteiger partial charge on any atom is -0.495 e. The van der Waals surface area contributed by atoms with E-state index < -0.39 is 10.8 Å². The molecule has 122 valence electrons. The number of nitro groups is 1. The second-order valence-corrected chi connectivity index (χ2v) is 4.63. The molecule has 0 bridgehead atoms. The number of halogens is 1. The molecule has 0 saturated heterocycles. The molecule has 1 aromatic rings. The number of nitrogens with one attached hydrogen (secondary N) is 2. The monoisotopic (exact) mass is 338 g/mol. The van der Waals surface area contributed by atoms with Gasteiger partial charge >= 0.3 is 0 Å². The van der Waals surface area contributed by atoms with E-state index in [-0.39, 0.29) is 16.9 Å². The quantitative estimate of drug-likeness (QED) is 0.187. The van der Waals surface area contributed by atoms with E-state index in [2.05, 4.69) is 10.6 Å². The molecule has 0 fully saturated rings. The molecular formula is C14H15ClN4O4. The number of nitrogens with zero attached hydrogens (tertiary/aromatic N) is 2. The van der Waals surface area contributed by atoms with Crippen molar-refractivity contribution < 1.29 is 14.5 Å². The molecule has 8 nitrogen and oxygen atoms in total. The Balaban J connectivity index is 2.92. The first-order valence-electron chi connectivity index (χ1n) is 6.57. The summed E-state index contributed by atoms with van der Waals surface area (Å²) in [6.07, 6.45) is 1.75. The van der Waals surface area contributed by atoms with Crippen LogP contribution in [0.2, 0.25) is 0 Å². The van der Waals surface area contributed by atoms with Gasteiger partial charge in [0.1, 0.15) is 17.4 Å². The number of hydrogen-bond donors (Lipinski definition) is 2. The van der Waals surface area contributed by atoms with E-state index in [1.807, 2.05) is 0 Å². The predicted molar refractivity (Wildman–Crippen MR) is 85.3 cm³/mol. The maximum atomic E-state index is 11.8. The second kappa shape index (κ2) is 9.27. The zero-order chi connectivity index (χ0) is 17.2. The Morgan fingerprint density at radius 1 is 1.57 bits per heavy atom. The van der Waals surface area contributed by atoms with E-state index in [1.165, 1.54) is 25.3 Å². The molecule has 0 aliphatic rings. The second-order valence-electron chi connectivity index (χ2n) is 4.25. The number of nitro benzene ring substituents is 1. The largest absolute Gasteiger partial charge is 0.495 e. The van der Waals surface area contributed by atoms with Gasteiger partial charge in [-0.3, -0.25) is 14.9 Å². The van der Waals surface area contributed by atoms with Gasteiger partial charge in [-0.1, -0.05) is 0 Å². The summed E-state index contributed by atoms with van der Waals surface area (Å²) in [5, 5.41) is 25.0. The van der Waals surface area contributed by atoms with Gasteiger partial charge in [-0.25, -0.2) is 0 Å². The molecule has 23 heavy (non-hydrogen) atoms. The van der Waals surface area contributed by atoms with Crippen LogP contribution in [0.5, 0.6) is 5.75 Å². The lowest BCUT2D eigenvalue weighted by molar-refractivity contribution is -0.384. The highest BCUT2D eigenvalue weighted by atomic mass is 35.5. The Labute approximate surface area is 137 Å². The number of alkyl halides is 1. The summed E-state index contributed by atoms with van der Waals surface area (Å²) in [6, 6.07) is 5.71. The Bertz CT molecular complexity index is 655. The molecular weight excluding hydrogens is 324 g/mol. The van der Waals surface area contributed by atoms with Crippen molar-refractivity contribution in [2.45, 2.75) is 6.42 Å². The summed E-state index contributed by atoms with van der Waals surface area (Å²) in [5.41, 5.74) is -0.0529. The van der Waals surface area contributed by atoms with Gasteiger partial charge in [-0.05, 0) is 12.5 Å². The van der Waals surface area contributed by atoms with Crippen molar-refractivity contribution in [3.63, 3.8) is 0 Å². The van der Waals surface area contributed by atoms with E-state index in [9.17, 15) is 14.9 Å². The summed E-state index contributed by atoms with van der Waals surface area (Å²) in [5.74, 6) is 0.177. The molecule has 0 aromatic heterocycles. The van der Waals surface area contributed by atoms with Crippen LogP contribution in [-0.2, 0) is 4.79 Å². The minimum absolute atomic E-state index is 0.147. The van der Waals surface area contributed by atoms with Crippen LogP contribution >= 0.6 is 11.6 Å². The molecule has 0 spiro atoms. The number of non-ortho nitro benzene ring substituents is 1. The molecule has 0 aliphatic carbocycles. The Kier molecular flexibility index (Phi) is 7.36. The van der Waals surface area contributed by atoms with Crippen molar-refractivity contribution in [1.29, 1.82) is 5.26 Å². The highest BCUT2D eigenvalue weighted by molar-refractivity contribution is 6.17. The number of hydrogen-bond acceptors (Lipinski definition) is 6. The van der Waals surface area contributed by atoms with Crippen molar-refractivity contribution >= 4 is 28.9 Å². The third-order valence-corrected chi connectivity index (χ3v) is 2.99. The number of carbonyl (C=O) groups excluding carboxylic acids is 1. The normalized spacial score (nSPS) is 10.6. The lowest BCUT2D eigenvalue weighted by Gasteiger charge is -2.08. The van der Waals surface area contributed by atoms with E-state index in [0.717, 1.165) is 6.20 Å². The first-order chi connectivity index (χ1) is 11.0. The van der Waals surface area contributed by atoms with Gasteiger partial charge in [0.05, 0.1) is 17.7 Å². The number of benzene rings is 1. The highest BCUT2D eigenvalue weighted by Crippen LogP contribution is 2.28. The lowest BCUT2D eigenvalue weighted by atomic mass is 10.2. The molecule has 0 unspecified atom stereocenters. The fraction of sp³-hybridized carbons (Fsp3) is 0.286.